The zero-order valence-corrected chi connectivity index (χ0v) is 12.0. The molecule has 0 aromatic carbocycles. The molecule has 4 nitrogen and oxygen atoms in total. The van der Waals surface area contributed by atoms with Gasteiger partial charge in [-0.2, -0.15) is 5.26 Å². The summed E-state index contributed by atoms with van der Waals surface area (Å²) in [7, 11) is 0. The van der Waals surface area contributed by atoms with Gasteiger partial charge in [0, 0.05) is 5.69 Å². The fourth-order valence-electron chi connectivity index (χ4n) is 1.59. The molecule has 1 rings (SSSR count). The number of nitriles is 1. The molecule has 102 valence electrons. The Balaban J connectivity index is 2.95. The smallest absolute Gasteiger partial charge is 0.317 e. The first-order valence-electron chi connectivity index (χ1n) is 6.41. The van der Waals surface area contributed by atoms with E-state index in [1.165, 1.54) is 0 Å². The summed E-state index contributed by atoms with van der Waals surface area (Å²) >= 11 is 1.16. The lowest BCUT2D eigenvalue weighted by Crippen LogP contribution is -2.15. The van der Waals surface area contributed by atoms with Gasteiger partial charge in [0.2, 0.25) is 0 Å². The van der Waals surface area contributed by atoms with Gasteiger partial charge in [-0.3, -0.25) is 4.79 Å². The van der Waals surface area contributed by atoms with Crippen LogP contribution in [0, 0.1) is 11.3 Å². The van der Waals surface area contributed by atoms with Gasteiger partial charge in [-0.05, 0) is 31.4 Å². The average Bonchev–Trinajstić information content (AvgIpc) is 2.42. The Morgan fingerprint density at radius 3 is 2.79 bits per heavy atom. The maximum atomic E-state index is 11.1. The molecule has 19 heavy (non-hydrogen) atoms. The summed E-state index contributed by atoms with van der Waals surface area (Å²) in [5.41, 5.74) is 1.37. The van der Waals surface area contributed by atoms with Crippen molar-refractivity contribution in [3.8, 4) is 6.07 Å². The van der Waals surface area contributed by atoms with E-state index in [1.807, 2.05) is 13.0 Å². The van der Waals surface area contributed by atoms with Crippen LogP contribution in [-0.2, 0) is 11.2 Å². The average molecular weight is 278 g/mol. The number of carboxylic acid groups (broad SMARTS) is 1. The highest BCUT2D eigenvalue weighted by Crippen LogP contribution is 2.27. The van der Waals surface area contributed by atoms with Crippen molar-refractivity contribution in [2.75, 3.05) is 0 Å². The van der Waals surface area contributed by atoms with Crippen molar-refractivity contribution < 1.29 is 9.90 Å². The van der Waals surface area contributed by atoms with Crippen molar-refractivity contribution in [1.29, 1.82) is 5.26 Å². The number of carbonyl (C=O) groups is 1. The minimum Gasteiger partial charge on any atom is -0.480 e. The predicted molar refractivity (Wildman–Crippen MR) is 75.1 cm³/mol. The van der Waals surface area contributed by atoms with E-state index in [9.17, 15) is 4.79 Å². The van der Waals surface area contributed by atoms with Gasteiger partial charge in [0.1, 0.15) is 16.3 Å². The molecular weight excluding hydrogens is 260 g/mol. The first-order valence-corrected chi connectivity index (χ1v) is 7.29. The number of pyridine rings is 1. The Morgan fingerprint density at radius 1 is 1.53 bits per heavy atom. The first-order chi connectivity index (χ1) is 9.12. The van der Waals surface area contributed by atoms with Crippen LogP contribution in [0.2, 0.25) is 0 Å². The van der Waals surface area contributed by atoms with Crippen LogP contribution < -0.4 is 0 Å². The zero-order valence-electron chi connectivity index (χ0n) is 11.2. The third-order valence-corrected chi connectivity index (χ3v) is 4.08. The molecule has 0 radical (unpaired) electrons. The highest BCUT2D eigenvalue weighted by Gasteiger charge is 2.19. The number of nitrogens with zero attached hydrogens (tertiary/aromatic N) is 2. The van der Waals surface area contributed by atoms with Crippen LogP contribution in [0.1, 0.15) is 44.4 Å². The Morgan fingerprint density at radius 2 is 2.26 bits per heavy atom. The number of aryl methyl sites for hydroxylation is 1. The maximum Gasteiger partial charge on any atom is 0.317 e. The van der Waals surface area contributed by atoms with Gasteiger partial charge in [0.25, 0.3) is 0 Å². The van der Waals surface area contributed by atoms with Crippen molar-refractivity contribution in [2.24, 2.45) is 0 Å². The van der Waals surface area contributed by atoms with E-state index < -0.39 is 11.2 Å². The zero-order chi connectivity index (χ0) is 14.3. The summed E-state index contributed by atoms with van der Waals surface area (Å²) in [6.07, 6.45) is 3.49. The Hall–Kier alpha value is -1.54. The molecule has 5 heteroatoms. The third-order valence-electron chi connectivity index (χ3n) is 2.72. The molecule has 0 bridgehead atoms. The molecular formula is C14H18N2O2S. The van der Waals surface area contributed by atoms with Gasteiger partial charge in [-0.15, -0.1) is 0 Å². The number of carboxylic acids is 1. The Bertz CT molecular complexity index is 483. The van der Waals surface area contributed by atoms with Crippen molar-refractivity contribution >= 4 is 17.7 Å². The van der Waals surface area contributed by atoms with E-state index in [2.05, 4.69) is 18.0 Å². The molecule has 1 aromatic heterocycles. The van der Waals surface area contributed by atoms with Crippen LogP contribution in [-0.4, -0.2) is 21.3 Å². The lowest BCUT2D eigenvalue weighted by molar-refractivity contribution is -0.136. The second-order valence-corrected chi connectivity index (χ2v) is 5.42. The molecule has 0 aliphatic rings. The molecule has 1 aromatic rings. The second kappa shape index (κ2) is 7.80. The summed E-state index contributed by atoms with van der Waals surface area (Å²) in [6.45, 7) is 3.93. The van der Waals surface area contributed by atoms with Crippen LogP contribution in [0.3, 0.4) is 0 Å². The molecule has 1 N–H and O–H groups in total. The fraction of sp³-hybridized carbons (Fsp3) is 0.500. The third kappa shape index (κ3) is 4.56. The van der Waals surface area contributed by atoms with Gasteiger partial charge in [-0.1, -0.05) is 32.0 Å². The number of aliphatic carboxylic acids is 1. The van der Waals surface area contributed by atoms with Crippen molar-refractivity contribution in [2.45, 2.75) is 49.8 Å². The molecule has 0 fully saturated rings. The quantitative estimate of drug-likeness (QED) is 0.775. The van der Waals surface area contributed by atoms with Crippen LogP contribution in [0.15, 0.2) is 17.2 Å². The number of thioether (sulfide) groups is 1. The van der Waals surface area contributed by atoms with Crippen molar-refractivity contribution in [1.82, 2.24) is 4.98 Å². The topological polar surface area (TPSA) is 74.0 Å². The van der Waals surface area contributed by atoms with E-state index in [-0.39, 0.29) is 0 Å². The molecule has 0 saturated carbocycles. The van der Waals surface area contributed by atoms with Gasteiger partial charge < -0.3 is 5.11 Å². The number of aromatic nitrogens is 1. The number of hydrogen-bond donors (Lipinski definition) is 1. The van der Waals surface area contributed by atoms with Gasteiger partial charge in [0.05, 0.1) is 5.56 Å². The van der Waals surface area contributed by atoms with Gasteiger partial charge >= 0.3 is 5.97 Å². The summed E-state index contributed by atoms with van der Waals surface area (Å²) in [5, 5.41) is 18.1. The minimum absolute atomic E-state index is 0.449. The highest BCUT2D eigenvalue weighted by molar-refractivity contribution is 8.00. The Labute approximate surface area is 117 Å². The minimum atomic E-state index is -0.864. The number of rotatable bonds is 7. The highest BCUT2D eigenvalue weighted by atomic mass is 32.2. The SMILES string of the molecule is CCCCc1ccc(C#N)c(SC(CC)C(=O)O)n1. The molecule has 0 spiro atoms. The van der Waals surface area contributed by atoms with Crippen molar-refractivity contribution in [3.05, 3.63) is 23.4 Å². The summed E-state index contributed by atoms with van der Waals surface area (Å²) in [6, 6.07) is 5.65. The first kappa shape index (κ1) is 15.5. The molecule has 1 heterocycles. The lowest BCUT2D eigenvalue weighted by Gasteiger charge is -2.11. The monoisotopic (exact) mass is 278 g/mol. The van der Waals surface area contributed by atoms with E-state index >= 15 is 0 Å². The standard InChI is InChI=1S/C14H18N2O2S/c1-3-5-6-11-8-7-10(9-15)13(16-11)19-12(4-2)14(17)18/h7-8,12H,3-6H2,1-2H3,(H,17,18). The predicted octanol–water partition coefficient (Wildman–Crippen LogP) is 3.25. The van der Waals surface area contributed by atoms with Gasteiger partial charge in [0.15, 0.2) is 0 Å². The summed E-state index contributed by atoms with van der Waals surface area (Å²) < 4.78 is 0. The molecule has 0 amide bonds. The van der Waals surface area contributed by atoms with E-state index in [0.29, 0.717) is 17.0 Å². The van der Waals surface area contributed by atoms with Crippen LogP contribution in [0.4, 0.5) is 0 Å². The van der Waals surface area contributed by atoms with E-state index in [0.717, 1.165) is 36.7 Å². The second-order valence-electron chi connectivity index (χ2n) is 4.22. The Kier molecular flexibility index (Phi) is 6.37. The normalized spacial score (nSPS) is 11.8. The molecule has 1 atom stereocenters. The van der Waals surface area contributed by atoms with Crippen LogP contribution in [0.25, 0.3) is 0 Å². The van der Waals surface area contributed by atoms with E-state index in [4.69, 9.17) is 10.4 Å². The van der Waals surface area contributed by atoms with Gasteiger partial charge in [-0.25, -0.2) is 4.98 Å². The lowest BCUT2D eigenvalue weighted by atomic mass is 10.2. The van der Waals surface area contributed by atoms with Crippen LogP contribution >= 0.6 is 11.8 Å². The van der Waals surface area contributed by atoms with Crippen LogP contribution in [0.5, 0.6) is 0 Å². The number of hydrogen-bond acceptors (Lipinski definition) is 4. The fourth-order valence-corrected chi connectivity index (χ4v) is 2.54. The largest absolute Gasteiger partial charge is 0.480 e. The van der Waals surface area contributed by atoms with E-state index in [1.54, 1.807) is 6.07 Å². The summed E-state index contributed by atoms with van der Waals surface area (Å²) in [5.74, 6) is -0.864. The van der Waals surface area contributed by atoms with Crippen molar-refractivity contribution in [3.63, 3.8) is 0 Å². The number of unbranched alkanes of at least 4 members (excludes halogenated alkanes) is 1. The maximum absolute atomic E-state index is 11.1. The molecule has 1 unspecified atom stereocenters. The summed E-state index contributed by atoms with van der Waals surface area (Å²) in [4.78, 5) is 15.5. The molecule has 0 aliphatic heterocycles. The molecule has 0 aliphatic carbocycles. The molecule has 0 saturated heterocycles.